The van der Waals surface area contributed by atoms with E-state index in [1.807, 2.05) is 24.3 Å². The Morgan fingerprint density at radius 1 is 1.12 bits per heavy atom. The Balaban J connectivity index is 1.41. The summed E-state index contributed by atoms with van der Waals surface area (Å²) in [6, 6.07) is 11.7. The minimum Gasteiger partial charge on any atom is -0.497 e. The van der Waals surface area contributed by atoms with Gasteiger partial charge in [-0.25, -0.2) is 0 Å². The molecule has 0 unspecified atom stereocenters. The van der Waals surface area contributed by atoms with Crippen LogP contribution in [-0.4, -0.2) is 55.5 Å². The maximum atomic E-state index is 12.2. The van der Waals surface area contributed by atoms with E-state index in [0.717, 1.165) is 44.2 Å². The number of methoxy groups -OCH3 is 1. The van der Waals surface area contributed by atoms with E-state index in [9.17, 15) is 4.79 Å². The molecule has 1 fully saturated rings. The van der Waals surface area contributed by atoms with Crippen LogP contribution in [0.3, 0.4) is 0 Å². The molecule has 1 N–H and O–H groups in total. The van der Waals surface area contributed by atoms with E-state index in [4.69, 9.17) is 4.74 Å². The van der Waals surface area contributed by atoms with Crippen molar-refractivity contribution in [1.82, 2.24) is 9.80 Å². The van der Waals surface area contributed by atoms with Crippen LogP contribution in [0.5, 0.6) is 5.75 Å². The van der Waals surface area contributed by atoms with Gasteiger partial charge in [0.05, 0.1) is 13.7 Å². The second-order valence-corrected chi connectivity index (χ2v) is 6.94. The highest BCUT2D eigenvalue weighted by Gasteiger charge is 2.19. The van der Waals surface area contributed by atoms with E-state index in [-0.39, 0.29) is 5.91 Å². The predicted molar refractivity (Wildman–Crippen MR) is 97.7 cm³/mol. The summed E-state index contributed by atoms with van der Waals surface area (Å²) in [5.41, 5.74) is 0.803. The van der Waals surface area contributed by atoms with E-state index < -0.39 is 0 Å². The van der Waals surface area contributed by atoms with Gasteiger partial charge in [-0.2, -0.15) is 0 Å². The molecule has 1 aromatic heterocycles. The first-order valence-corrected chi connectivity index (χ1v) is 9.02. The fourth-order valence-corrected chi connectivity index (χ4v) is 3.55. The van der Waals surface area contributed by atoms with Crippen LogP contribution in [-0.2, 0) is 11.3 Å². The predicted octanol–water partition coefficient (Wildman–Crippen LogP) is 2.51. The molecule has 0 bridgehead atoms. The number of nitrogens with one attached hydrogen (secondary N) is 1. The van der Waals surface area contributed by atoms with Gasteiger partial charge in [0.1, 0.15) is 5.75 Å². The molecule has 0 aliphatic carbocycles. The van der Waals surface area contributed by atoms with E-state index in [1.165, 1.54) is 4.88 Å². The van der Waals surface area contributed by atoms with Crippen molar-refractivity contribution >= 4 is 22.9 Å². The van der Waals surface area contributed by atoms with Crippen molar-refractivity contribution in [3.05, 3.63) is 46.7 Å². The third-order valence-corrected chi connectivity index (χ3v) is 5.03. The van der Waals surface area contributed by atoms with E-state index in [1.54, 1.807) is 18.4 Å². The molecule has 5 nitrogen and oxygen atoms in total. The lowest BCUT2D eigenvalue weighted by atomic mass is 10.2. The fourth-order valence-electron chi connectivity index (χ4n) is 2.81. The maximum Gasteiger partial charge on any atom is 0.238 e. The van der Waals surface area contributed by atoms with Crippen molar-refractivity contribution in [2.75, 3.05) is 45.2 Å². The largest absolute Gasteiger partial charge is 0.497 e. The molecule has 0 atom stereocenters. The van der Waals surface area contributed by atoms with Crippen LogP contribution in [0, 0.1) is 0 Å². The zero-order chi connectivity index (χ0) is 16.8. The first kappa shape index (κ1) is 17.0. The molecule has 6 heteroatoms. The van der Waals surface area contributed by atoms with Gasteiger partial charge in [0.25, 0.3) is 0 Å². The van der Waals surface area contributed by atoms with Gasteiger partial charge in [-0.05, 0) is 35.7 Å². The molecule has 2 heterocycles. The smallest absolute Gasteiger partial charge is 0.238 e. The number of benzene rings is 1. The lowest BCUT2D eigenvalue weighted by Crippen LogP contribution is -2.48. The highest BCUT2D eigenvalue weighted by molar-refractivity contribution is 7.09. The SMILES string of the molecule is COc1ccc(NC(=O)CN2CCN(Cc3cccs3)CC2)cc1. The summed E-state index contributed by atoms with van der Waals surface area (Å²) in [7, 11) is 1.63. The minimum atomic E-state index is 0.0341. The number of piperazine rings is 1. The number of nitrogens with zero attached hydrogens (tertiary/aromatic N) is 2. The number of carbonyl (C=O) groups excluding carboxylic acids is 1. The Morgan fingerprint density at radius 2 is 1.83 bits per heavy atom. The van der Waals surface area contributed by atoms with Crippen molar-refractivity contribution in [1.29, 1.82) is 0 Å². The van der Waals surface area contributed by atoms with Gasteiger partial charge in [0, 0.05) is 43.3 Å². The number of thiophene rings is 1. The molecule has 128 valence electrons. The Bertz CT molecular complexity index is 635. The van der Waals surface area contributed by atoms with Gasteiger partial charge < -0.3 is 10.1 Å². The van der Waals surface area contributed by atoms with Crippen molar-refractivity contribution in [2.24, 2.45) is 0 Å². The maximum absolute atomic E-state index is 12.2. The zero-order valence-corrected chi connectivity index (χ0v) is 14.7. The van der Waals surface area contributed by atoms with Crippen LogP contribution in [0.1, 0.15) is 4.88 Å². The number of hydrogen-bond acceptors (Lipinski definition) is 5. The minimum absolute atomic E-state index is 0.0341. The van der Waals surface area contributed by atoms with Gasteiger partial charge in [0.15, 0.2) is 0 Å². The quantitative estimate of drug-likeness (QED) is 0.874. The monoisotopic (exact) mass is 345 g/mol. The standard InChI is InChI=1S/C18H23N3O2S/c1-23-16-6-4-15(5-7-16)19-18(22)14-21-10-8-20(9-11-21)13-17-3-2-12-24-17/h2-7,12H,8-11,13-14H2,1H3,(H,19,22). The van der Waals surface area contributed by atoms with Gasteiger partial charge in [-0.3, -0.25) is 14.6 Å². The number of anilines is 1. The summed E-state index contributed by atoms with van der Waals surface area (Å²) in [5, 5.41) is 5.06. The first-order chi connectivity index (χ1) is 11.7. The molecule has 1 aliphatic rings. The third-order valence-electron chi connectivity index (χ3n) is 4.17. The van der Waals surface area contributed by atoms with Crippen molar-refractivity contribution < 1.29 is 9.53 Å². The van der Waals surface area contributed by atoms with E-state index >= 15 is 0 Å². The van der Waals surface area contributed by atoms with Crippen LogP contribution in [0.25, 0.3) is 0 Å². The summed E-state index contributed by atoms with van der Waals surface area (Å²) >= 11 is 1.80. The van der Waals surface area contributed by atoms with Crippen molar-refractivity contribution in [3.63, 3.8) is 0 Å². The number of hydrogen-bond donors (Lipinski definition) is 1. The number of carbonyl (C=O) groups is 1. The molecule has 1 aliphatic heterocycles. The van der Waals surface area contributed by atoms with Crippen LogP contribution >= 0.6 is 11.3 Å². The number of amides is 1. The van der Waals surface area contributed by atoms with Gasteiger partial charge in [0.2, 0.25) is 5.91 Å². The molecule has 0 saturated carbocycles. The van der Waals surface area contributed by atoms with Crippen LogP contribution in [0.4, 0.5) is 5.69 Å². The second-order valence-electron chi connectivity index (χ2n) is 5.91. The first-order valence-electron chi connectivity index (χ1n) is 8.14. The summed E-state index contributed by atoms with van der Waals surface area (Å²) in [5.74, 6) is 0.821. The van der Waals surface area contributed by atoms with Gasteiger partial charge in [-0.15, -0.1) is 11.3 Å². The Morgan fingerprint density at radius 3 is 2.46 bits per heavy atom. The highest BCUT2D eigenvalue weighted by Crippen LogP contribution is 2.16. The Labute approximate surface area is 146 Å². The number of ether oxygens (including phenoxy) is 1. The van der Waals surface area contributed by atoms with Crippen molar-refractivity contribution in [2.45, 2.75) is 6.54 Å². The Hall–Kier alpha value is -1.89. The van der Waals surface area contributed by atoms with Crippen LogP contribution < -0.4 is 10.1 Å². The lowest BCUT2D eigenvalue weighted by Gasteiger charge is -2.34. The normalized spacial score (nSPS) is 16.0. The molecule has 0 spiro atoms. The second kappa shape index (κ2) is 8.28. The summed E-state index contributed by atoms with van der Waals surface area (Å²) in [4.78, 5) is 18.2. The average molecular weight is 345 g/mol. The van der Waals surface area contributed by atoms with Gasteiger partial charge >= 0.3 is 0 Å². The molecular weight excluding hydrogens is 322 g/mol. The van der Waals surface area contributed by atoms with E-state index in [2.05, 4.69) is 32.6 Å². The third kappa shape index (κ3) is 4.80. The molecule has 24 heavy (non-hydrogen) atoms. The highest BCUT2D eigenvalue weighted by atomic mass is 32.1. The molecule has 3 rings (SSSR count). The summed E-state index contributed by atoms with van der Waals surface area (Å²) in [6.45, 7) is 5.34. The molecule has 2 aromatic rings. The fraction of sp³-hybridized carbons (Fsp3) is 0.389. The Kier molecular flexibility index (Phi) is 5.85. The molecule has 1 aromatic carbocycles. The zero-order valence-electron chi connectivity index (χ0n) is 13.9. The summed E-state index contributed by atoms with van der Waals surface area (Å²) < 4.78 is 5.12. The lowest BCUT2D eigenvalue weighted by molar-refractivity contribution is -0.117. The molecule has 1 amide bonds. The molecule has 1 saturated heterocycles. The average Bonchev–Trinajstić information content (AvgIpc) is 3.10. The van der Waals surface area contributed by atoms with E-state index in [0.29, 0.717) is 6.54 Å². The van der Waals surface area contributed by atoms with Crippen molar-refractivity contribution in [3.8, 4) is 5.75 Å². The van der Waals surface area contributed by atoms with Gasteiger partial charge in [-0.1, -0.05) is 6.07 Å². The van der Waals surface area contributed by atoms with Crippen LogP contribution in [0.15, 0.2) is 41.8 Å². The summed E-state index contributed by atoms with van der Waals surface area (Å²) in [6.07, 6.45) is 0. The topological polar surface area (TPSA) is 44.8 Å². The molecule has 0 radical (unpaired) electrons. The number of rotatable bonds is 6. The molecular formula is C18H23N3O2S. The van der Waals surface area contributed by atoms with Crippen LogP contribution in [0.2, 0.25) is 0 Å².